The third-order valence-corrected chi connectivity index (χ3v) is 3.89. The molecule has 2 N–H and O–H groups in total. The van der Waals surface area contributed by atoms with Gasteiger partial charge in [-0.05, 0) is 47.5 Å². The maximum absolute atomic E-state index is 12.1. The minimum absolute atomic E-state index is 0.0711. The van der Waals surface area contributed by atoms with E-state index in [4.69, 9.17) is 9.47 Å². The van der Waals surface area contributed by atoms with Crippen molar-refractivity contribution < 1.29 is 14.3 Å². The molecule has 7 nitrogen and oxygen atoms in total. The first kappa shape index (κ1) is 18.2. The van der Waals surface area contributed by atoms with E-state index >= 15 is 0 Å². The molecule has 0 fully saturated rings. The highest BCUT2D eigenvalue weighted by Gasteiger charge is 2.11. The maximum Gasteiger partial charge on any atom is 0.260 e. The first-order valence-electron chi connectivity index (χ1n) is 8.32. The van der Waals surface area contributed by atoms with E-state index in [0.717, 1.165) is 11.1 Å². The molecule has 138 valence electrons. The molecular weight excluding hydrogens is 346 g/mol. The molecular formula is C20H19N3O4. The minimum Gasteiger partial charge on any atom is -0.493 e. The van der Waals surface area contributed by atoms with E-state index in [1.54, 1.807) is 37.7 Å². The first-order chi connectivity index (χ1) is 13.2. The molecule has 0 aliphatic rings. The van der Waals surface area contributed by atoms with E-state index in [1.165, 1.54) is 12.3 Å². The van der Waals surface area contributed by atoms with Crippen molar-refractivity contribution in [3.63, 3.8) is 0 Å². The van der Waals surface area contributed by atoms with Gasteiger partial charge < -0.3 is 19.8 Å². The van der Waals surface area contributed by atoms with Crippen LogP contribution in [0.2, 0.25) is 0 Å². The number of nitrogens with zero attached hydrogens (tertiary/aromatic N) is 1. The zero-order chi connectivity index (χ0) is 19.1. The summed E-state index contributed by atoms with van der Waals surface area (Å²) in [5, 5.41) is 2.72. The summed E-state index contributed by atoms with van der Waals surface area (Å²) in [6.45, 7) is 0.653. The molecule has 0 saturated carbocycles. The molecule has 0 bridgehead atoms. The summed E-state index contributed by atoms with van der Waals surface area (Å²) in [5.74, 6) is 0.728. The molecule has 0 aliphatic carbocycles. The molecule has 1 amide bonds. The fourth-order valence-corrected chi connectivity index (χ4v) is 2.46. The predicted octanol–water partition coefficient (Wildman–Crippen LogP) is 2.29. The molecule has 0 saturated heterocycles. The third-order valence-electron chi connectivity index (χ3n) is 3.89. The molecule has 1 aromatic carbocycles. The fraction of sp³-hybridized carbons (Fsp3) is 0.150. The molecule has 3 aromatic rings. The zero-order valence-electron chi connectivity index (χ0n) is 14.8. The van der Waals surface area contributed by atoms with Crippen LogP contribution in [-0.4, -0.2) is 23.0 Å². The normalized spacial score (nSPS) is 10.3. The van der Waals surface area contributed by atoms with E-state index in [9.17, 15) is 9.59 Å². The lowest BCUT2D eigenvalue weighted by Crippen LogP contribution is -2.28. The number of hydrogen-bond donors (Lipinski definition) is 2. The Morgan fingerprint density at radius 1 is 1.11 bits per heavy atom. The van der Waals surface area contributed by atoms with E-state index in [-0.39, 0.29) is 12.1 Å². The molecule has 0 atom stereocenters. The van der Waals surface area contributed by atoms with Gasteiger partial charge in [-0.25, -0.2) is 0 Å². The number of pyridine rings is 2. The van der Waals surface area contributed by atoms with E-state index in [2.05, 4.69) is 15.3 Å². The van der Waals surface area contributed by atoms with Crippen LogP contribution in [0.4, 0.5) is 0 Å². The largest absolute Gasteiger partial charge is 0.493 e. The standard InChI is InChI=1S/C20H19N3O4/c1-26-18-11-15(12-23-20(25)16-3-2-8-22-19(16)24)4-5-17(18)27-13-14-6-9-21-10-7-14/h2-11H,12-13H2,1H3,(H,22,24)(H,23,25). The van der Waals surface area contributed by atoms with Crippen LogP contribution < -0.4 is 20.3 Å². The van der Waals surface area contributed by atoms with Crippen LogP contribution in [0.1, 0.15) is 21.5 Å². The highest BCUT2D eigenvalue weighted by molar-refractivity contribution is 5.93. The van der Waals surface area contributed by atoms with Gasteiger partial charge in [-0.1, -0.05) is 6.07 Å². The number of ether oxygens (including phenoxy) is 2. The average Bonchev–Trinajstić information content (AvgIpc) is 2.71. The second-order valence-electron chi connectivity index (χ2n) is 5.72. The number of carbonyl (C=O) groups is 1. The summed E-state index contributed by atoms with van der Waals surface area (Å²) < 4.78 is 11.2. The van der Waals surface area contributed by atoms with Crippen LogP contribution in [0.25, 0.3) is 0 Å². The van der Waals surface area contributed by atoms with Crippen molar-refractivity contribution in [3.8, 4) is 11.5 Å². The minimum atomic E-state index is -0.436. The predicted molar refractivity (Wildman–Crippen MR) is 99.8 cm³/mol. The topological polar surface area (TPSA) is 93.3 Å². The monoisotopic (exact) mass is 365 g/mol. The third kappa shape index (κ3) is 4.72. The van der Waals surface area contributed by atoms with Crippen molar-refractivity contribution in [2.75, 3.05) is 7.11 Å². The number of aromatic nitrogens is 2. The van der Waals surface area contributed by atoms with Gasteiger partial charge in [0.25, 0.3) is 11.5 Å². The molecule has 3 rings (SSSR count). The zero-order valence-corrected chi connectivity index (χ0v) is 14.8. The summed E-state index contributed by atoms with van der Waals surface area (Å²) >= 11 is 0. The van der Waals surface area contributed by atoms with Crippen molar-refractivity contribution in [2.45, 2.75) is 13.2 Å². The second-order valence-corrected chi connectivity index (χ2v) is 5.72. The van der Waals surface area contributed by atoms with Crippen molar-refractivity contribution in [2.24, 2.45) is 0 Å². The Bertz CT molecular complexity index is 970. The summed E-state index contributed by atoms with van der Waals surface area (Å²) in [6.07, 6.45) is 4.90. The van der Waals surface area contributed by atoms with Crippen molar-refractivity contribution in [3.05, 3.63) is 88.1 Å². The van der Waals surface area contributed by atoms with Crippen molar-refractivity contribution in [1.82, 2.24) is 15.3 Å². The number of aromatic amines is 1. The molecule has 27 heavy (non-hydrogen) atoms. The Kier molecular flexibility index (Phi) is 5.84. The number of methoxy groups -OCH3 is 1. The summed E-state index contributed by atoms with van der Waals surface area (Å²) in [5.41, 5.74) is 1.47. The lowest BCUT2D eigenvalue weighted by Gasteiger charge is -2.12. The van der Waals surface area contributed by atoms with Crippen LogP contribution >= 0.6 is 0 Å². The lowest BCUT2D eigenvalue weighted by atomic mass is 10.2. The Morgan fingerprint density at radius 3 is 2.67 bits per heavy atom. The number of benzene rings is 1. The number of rotatable bonds is 7. The van der Waals surface area contributed by atoms with Gasteiger partial charge in [0, 0.05) is 25.1 Å². The van der Waals surface area contributed by atoms with E-state index in [1.807, 2.05) is 18.2 Å². The van der Waals surface area contributed by atoms with Gasteiger partial charge in [0.05, 0.1) is 7.11 Å². The smallest absolute Gasteiger partial charge is 0.260 e. The Labute approximate surface area is 156 Å². The molecule has 0 aliphatic heterocycles. The Morgan fingerprint density at radius 2 is 1.93 bits per heavy atom. The number of nitrogens with one attached hydrogen (secondary N) is 2. The van der Waals surface area contributed by atoms with Crippen molar-refractivity contribution >= 4 is 5.91 Å². The second kappa shape index (κ2) is 8.66. The number of carbonyl (C=O) groups excluding carboxylic acids is 1. The molecule has 0 spiro atoms. The van der Waals surface area contributed by atoms with Gasteiger partial charge in [-0.15, -0.1) is 0 Å². The Hall–Kier alpha value is -3.61. The van der Waals surface area contributed by atoms with E-state index in [0.29, 0.717) is 18.1 Å². The van der Waals surface area contributed by atoms with Gasteiger partial charge in [0.15, 0.2) is 11.5 Å². The van der Waals surface area contributed by atoms with Gasteiger partial charge in [-0.3, -0.25) is 14.6 Å². The fourth-order valence-electron chi connectivity index (χ4n) is 2.46. The van der Waals surface area contributed by atoms with Crippen LogP contribution in [-0.2, 0) is 13.2 Å². The molecule has 7 heteroatoms. The van der Waals surface area contributed by atoms with Crippen molar-refractivity contribution in [1.29, 1.82) is 0 Å². The highest BCUT2D eigenvalue weighted by Crippen LogP contribution is 2.28. The molecule has 2 heterocycles. The average molecular weight is 365 g/mol. The van der Waals surface area contributed by atoms with Crippen LogP contribution in [0, 0.1) is 0 Å². The first-order valence-corrected chi connectivity index (χ1v) is 8.32. The maximum atomic E-state index is 12.1. The van der Waals surface area contributed by atoms with Gasteiger partial charge >= 0.3 is 0 Å². The molecule has 0 radical (unpaired) electrons. The Balaban J connectivity index is 1.64. The quantitative estimate of drug-likeness (QED) is 0.670. The lowest BCUT2D eigenvalue weighted by molar-refractivity contribution is 0.0949. The molecule has 2 aromatic heterocycles. The van der Waals surface area contributed by atoms with Gasteiger partial charge in [-0.2, -0.15) is 0 Å². The van der Waals surface area contributed by atoms with Crippen LogP contribution in [0.3, 0.4) is 0 Å². The molecule has 0 unspecified atom stereocenters. The van der Waals surface area contributed by atoms with E-state index < -0.39 is 11.5 Å². The summed E-state index contributed by atoms with van der Waals surface area (Å²) in [4.78, 5) is 30.2. The van der Waals surface area contributed by atoms with Gasteiger partial charge in [0.1, 0.15) is 12.2 Å². The van der Waals surface area contributed by atoms with Gasteiger partial charge in [0.2, 0.25) is 0 Å². The van der Waals surface area contributed by atoms with Crippen LogP contribution in [0.15, 0.2) is 65.8 Å². The summed E-state index contributed by atoms with van der Waals surface area (Å²) in [7, 11) is 1.56. The number of H-pyrrole nitrogens is 1. The highest BCUT2D eigenvalue weighted by atomic mass is 16.5. The number of hydrogen-bond acceptors (Lipinski definition) is 5. The number of amides is 1. The SMILES string of the molecule is COc1cc(CNC(=O)c2ccc[nH]c2=O)ccc1OCc1ccncc1. The summed E-state index contributed by atoms with van der Waals surface area (Å²) in [6, 6.07) is 12.2. The van der Waals surface area contributed by atoms with Crippen LogP contribution in [0.5, 0.6) is 11.5 Å².